The fourth-order valence-electron chi connectivity index (χ4n) is 2.08. The molecule has 0 heterocycles. The van der Waals surface area contributed by atoms with Crippen LogP contribution in [0.15, 0.2) is 65.6 Å². The molecule has 2 nitrogen and oxygen atoms in total. The van der Waals surface area contributed by atoms with E-state index >= 15 is 0 Å². The van der Waals surface area contributed by atoms with Crippen LogP contribution < -0.4 is 0 Å². The summed E-state index contributed by atoms with van der Waals surface area (Å²) in [6, 6.07) is 19.5. The minimum atomic E-state index is -0.0813. The van der Waals surface area contributed by atoms with E-state index in [9.17, 15) is 10.2 Å². The van der Waals surface area contributed by atoms with Crippen molar-refractivity contribution >= 4 is 22.5 Å². The maximum atomic E-state index is 9.56. The third-order valence-corrected chi connectivity index (χ3v) is 4.22. The van der Waals surface area contributed by atoms with Crippen LogP contribution in [0.3, 0.4) is 0 Å². The SMILES string of the molecule is Oc1cc2ccc(SCc3ccccc3)cc2cc1O. The Morgan fingerprint density at radius 1 is 0.750 bits per heavy atom. The van der Waals surface area contributed by atoms with Gasteiger partial charge in [0.2, 0.25) is 0 Å². The Morgan fingerprint density at radius 3 is 2.20 bits per heavy atom. The van der Waals surface area contributed by atoms with Crippen molar-refractivity contribution in [1.82, 2.24) is 0 Å². The van der Waals surface area contributed by atoms with Gasteiger partial charge in [0.05, 0.1) is 0 Å². The van der Waals surface area contributed by atoms with Crippen LogP contribution in [0.5, 0.6) is 11.5 Å². The summed E-state index contributed by atoms with van der Waals surface area (Å²) in [6.45, 7) is 0. The third kappa shape index (κ3) is 2.73. The van der Waals surface area contributed by atoms with Crippen molar-refractivity contribution in [2.45, 2.75) is 10.6 Å². The fourth-order valence-corrected chi connectivity index (χ4v) is 2.98. The van der Waals surface area contributed by atoms with Gasteiger partial charge >= 0.3 is 0 Å². The molecule has 2 N–H and O–H groups in total. The number of rotatable bonds is 3. The van der Waals surface area contributed by atoms with E-state index in [2.05, 4.69) is 12.1 Å². The summed E-state index contributed by atoms with van der Waals surface area (Å²) in [6.07, 6.45) is 0. The molecule has 3 aromatic rings. The minimum Gasteiger partial charge on any atom is -0.504 e. The number of aromatic hydroxyl groups is 2. The zero-order valence-electron chi connectivity index (χ0n) is 10.8. The van der Waals surface area contributed by atoms with E-state index < -0.39 is 0 Å². The largest absolute Gasteiger partial charge is 0.504 e. The lowest BCUT2D eigenvalue weighted by molar-refractivity contribution is 0.405. The molecule has 0 atom stereocenters. The molecule has 0 bridgehead atoms. The Hall–Kier alpha value is -2.13. The molecule has 0 aliphatic heterocycles. The predicted octanol–water partition coefficient (Wildman–Crippen LogP) is 4.54. The summed E-state index contributed by atoms with van der Waals surface area (Å²) in [5.74, 6) is 0.751. The van der Waals surface area contributed by atoms with Crippen LogP contribution in [-0.2, 0) is 5.75 Å². The molecule has 3 aromatic carbocycles. The lowest BCUT2D eigenvalue weighted by Gasteiger charge is -2.06. The number of phenolic OH excluding ortho intramolecular Hbond substituents is 2. The molecule has 0 amide bonds. The summed E-state index contributed by atoms with van der Waals surface area (Å²) in [5, 5.41) is 20.9. The zero-order chi connectivity index (χ0) is 13.9. The molecular weight excluding hydrogens is 268 g/mol. The Morgan fingerprint density at radius 2 is 1.45 bits per heavy atom. The van der Waals surface area contributed by atoms with Gasteiger partial charge in [-0.3, -0.25) is 0 Å². The number of hydrogen-bond acceptors (Lipinski definition) is 3. The van der Waals surface area contributed by atoms with Gasteiger partial charge in [-0.05, 0) is 40.6 Å². The summed E-state index contributed by atoms with van der Waals surface area (Å²) < 4.78 is 0. The van der Waals surface area contributed by atoms with Gasteiger partial charge in [0.25, 0.3) is 0 Å². The summed E-state index contributed by atoms with van der Waals surface area (Å²) in [7, 11) is 0. The van der Waals surface area contributed by atoms with E-state index in [4.69, 9.17) is 0 Å². The summed E-state index contributed by atoms with van der Waals surface area (Å²) >= 11 is 1.75. The monoisotopic (exact) mass is 282 g/mol. The molecule has 0 aromatic heterocycles. The van der Waals surface area contributed by atoms with Crippen LogP contribution in [0.1, 0.15) is 5.56 Å². The van der Waals surface area contributed by atoms with E-state index in [0.29, 0.717) is 0 Å². The van der Waals surface area contributed by atoms with E-state index in [1.807, 2.05) is 36.4 Å². The maximum absolute atomic E-state index is 9.56. The Kier molecular flexibility index (Phi) is 3.52. The molecule has 0 fully saturated rings. The van der Waals surface area contributed by atoms with Crippen molar-refractivity contribution in [2.75, 3.05) is 0 Å². The topological polar surface area (TPSA) is 40.5 Å². The number of phenols is 2. The van der Waals surface area contributed by atoms with Gasteiger partial charge in [-0.25, -0.2) is 0 Å². The van der Waals surface area contributed by atoms with Gasteiger partial charge in [0.15, 0.2) is 11.5 Å². The molecule has 20 heavy (non-hydrogen) atoms. The number of fused-ring (bicyclic) bond motifs is 1. The zero-order valence-corrected chi connectivity index (χ0v) is 11.6. The molecule has 3 rings (SSSR count). The molecule has 0 spiro atoms. The van der Waals surface area contributed by atoms with Crippen LogP contribution >= 0.6 is 11.8 Å². The molecule has 0 saturated carbocycles. The van der Waals surface area contributed by atoms with Gasteiger partial charge < -0.3 is 10.2 Å². The second-order valence-electron chi connectivity index (χ2n) is 4.62. The number of thioether (sulfide) groups is 1. The van der Waals surface area contributed by atoms with Crippen molar-refractivity contribution in [3.05, 3.63) is 66.2 Å². The average molecular weight is 282 g/mol. The molecule has 0 unspecified atom stereocenters. The lowest BCUT2D eigenvalue weighted by Crippen LogP contribution is -1.80. The van der Waals surface area contributed by atoms with Crippen LogP contribution in [-0.4, -0.2) is 10.2 Å². The van der Waals surface area contributed by atoms with E-state index in [1.165, 1.54) is 5.56 Å². The second kappa shape index (κ2) is 5.47. The van der Waals surface area contributed by atoms with E-state index in [1.54, 1.807) is 23.9 Å². The smallest absolute Gasteiger partial charge is 0.158 e. The van der Waals surface area contributed by atoms with Gasteiger partial charge in [0, 0.05) is 10.6 Å². The minimum absolute atomic E-state index is 0.0808. The first-order valence-corrected chi connectivity index (χ1v) is 7.33. The highest BCUT2D eigenvalue weighted by atomic mass is 32.2. The van der Waals surface area contributed by atoms with Crippen LogP contribution in [0.2, 0.25) is 0 Å². The quantitative estimate of drug-likeness (QED) is 0.547. The molecule has 100 valence electrons. The Balaban J connectivity index is 1.84. The average Bonchev–Trinajstić information content (AvgIpc) is 2.47. The first-order chi connectivity index (χ1) is 9.72. The van der Waals surface area contributed by atoms with Crippen LogP contribution in [0.25, 0.3) is 10.8 Å². The Labute approximate surface area is 121 Å². The van der Waals surface area contributed by atoms with Crippen LogP contribution in [0, 0.1) is 0 Å². The van der Waals surface area contributed by atoms with Crippen molar-refractivity contribution < 1.29 is 10.2 Å². The van der Waals surface area contributed by atoms with Gasteiger partial charge in [-0.15, -0.1) is 11.8 Å². The number of benzene rings is 3. The standard InChI is InChI=1S/C17H14O2S/c18-16-9-13-6-7-15(8-14(13)10-17(16)19)20-11-12-4-2-1-3-5-12/h1-10,18-19H,11H2. The van der Waals surface area contributed by atoms with Crippen molar-refractivity contribution in [1.29, 1.82) is 0 Å². The molecule has 0 saturated heterocycles. The molecule has 3 heteroatoms. The van der Waals surface area contributed by atoms with E-state index in [-0.39, 0.29) is 11.5 Å². The van der Waals surface area contributed by atoms with Crippen LogP contribution in [0.4, 0.5) is 0 Å². The first kappa shape index (κ1) is 12.9. The third-order valence-electron chi connectivity index (χ3n) is 3.15. The van der Waals surface area contributed by atoms with Crippen molar-refractivity contribution in [3.8, 4) is 11.5 Å². The summed E-state index contributed by atoms with van der Waals surface area (Å²) in [4.78, 5) is 1.14. The molecule has 0 aliphatic carbocycles. The second-order valence-corrected chi connectivity index (χ2v) is 5.67. The van der Waals surface area contributed by atoms with Crippen molar-refractivity contribution in [3.63, 3.8) is 0 Å². The molecule has 0 aliphatic rings. The maximum Gasteiger partial charge on any atom is 0.158 e. The highest BCUT2D eigenvalue weighted by Gasteiger charge is 2.03. The highest BCUT2D eigenvalue weighted by molar-refractivity contribution is 7.98. The molecule has 0 radical (unpaired) electrons. The van der Waals surface area contributed by atoms with Gasteiger partial charge in [-0.2, -0.15) is 0 Å². The van der Waals surface area contributed by atoms with E-state index in [0.717, 1.165) is 21.4 Å². The molecular formula is C17H14O2S. The highest BCUT2D eigenvalue weighted by Crippen LogP contribution is 2.33. The normalized spacial score (nSPS) is 10.8. The van der Waals surface area contributed by atoms with Gasteiger partial charge in [0.1, 0.15) is 0 Å². The predicted molar refractivity (Wildman–Crippen MR) is 83.3 cm³/mol. The van der Waals surface area contributed by atoms with Gasteiger partial charge in [-0.1, -0.05) is 36.4 Å². The fraction of sp³-hybridized carbons (Fsp3) is 0.0588. The first-order valence-electron chi connectivity index (χ1n) is 6.35. The summed E-state index contributed by atoms with van der Waals surface area (Å²) in [5.41, 5.74) is 1.28. The lowest BCUT2D eigenvalue weighted by atomic mass is 10.1. The number of hydrogen-bond donors (Lipinski definition) is 2. The Bertz CT molecular complexity index is 739. The van der Waals surface area contributed by atoms with Crippen molar-refractivity contribution in [2.24, 2.45) is 0 Å².